The molecule has 128 valence electrons. The average molecular weight is 350 g/mol. The molecular formula is C15H20ClN7O. The average Bonchev–Trinajstić information content (AvgIpc) is 2.60. The van der Waals surface area contributed by atoms with Gasteiger partial charge in [-0.2, -0.15) is 5.10 Å². The van der Waals surface area contributed by atoms with Gasteiger partial charge in [0, 0.05) is 39.4 Å². The summed E-state index contributed by atoms with van der Waals surface area (Å²) in [4.78, 5) is 25.2. The Morgan fingerprint density at radius 1 is 1.25 bits per heavy atom. The molecule has 2 aromatic rings. The molecule has 0 amide bonds. The Hall–Kier alpha value is -2.19. The number of anilines is 2. The van der Waals surface area contributed by atoms with E-state index in [2.05, 4.69) is 37.2 Å². The lowest BCUT2D eigenvalue weighted by atomic mass is 10.3. The monoisotopic (exact) mass is 349 g/mol. The molecule has 3 rings (SSSR count). The van der Waals surface area contributed by atoms with Crippen LogP contribution in [0.5, 0.6) is 0 Å². The summed E-state index contributed by atoms with van der Waals surface area (Å²) in [5, 5.41) is 7.20. The molecule has 3 heterocycles. The number of hydrogen-bond donors (Lipinski definition) is 1. The van der Waals surface area contributed by atoms with Crippen LogP contribution in [0.25, 0.3) is 0 Å². The standard InChI is InChI=1S/C15H20ClN7O/c1-21-5-7-23(8-6-21)15-17-4-3-11(20-15)9-18-12-10-19-22(2)14(24)13(12)16/h3-4,10,18H,5-9H2,1-2H3. The second kappa shape index (κ2) is 7.14. The van der Waals surface area contributed by atoms with Crippen molar-refractivity contribution in [1.82, 2.24) is 24.6 Å². The van der Waals surface area contributed by atoms with E-state index in [0.717, 1.165) is 37.8 Å². The normalized spacial score (nSPS) is 15.5. The Labute approximate surface area is 145 Å². The maximum absolute atomic E-state index is 11.8. The zero-order valence-electron chi connectivity index (χ0n) is 13.7. The van der Waals surface area contributed by atoms with Gasteiger partial charge in [0.25, 0.3) is 5.56 Å². The van der Waals surface area contributed by atoms with Crippen LogP contribution in [0.3, 0.4) is 0 Å². The van der Waals surface area contributed by atoms with Gasteiger partial charge in [-0.05, 0) is 13.1 Å². The van der Waals surface area contributed by atoms with Crippen LogP contribution in [0.4, 0.5) is 11.6 Å². The highest BCUT2D eigenvalue weighted by Gasteiger charge is 2.16. The molecule has 1 N–H and O–H groups in total. The first-order valence-electron chi connectivity index (χ1n) is 7.75. The molecule has 0 aliphatic carbocycles. The molecule has 1 fully saturated rings. The minimum atomic E-state index is -0.331. The minimum Gasteiger partial charge on any atom is -0.377 e. The predicted molar refractivity (Wildman–Crippen MR) is 93.6 cm³/mol. The van der Waals surface area contributed by atoms with Crippen LogP contribution in [-0.2, 0) is 13.6 Å². The first kappa shape index (κ1) is 16.7. The van der Waals surface area contributed by atoms with Crippen LogP contribution < -0.4 is 15.8 Å². The van der Waals surface area contributed by atoms with Crippen LogP contribution in [0.1, 0.15) is 5.69 Å². The van der Waals surface area contributed by atoms with Crippen molar-refractivity contribution >= 4 is 23.2 Å². The zero-order valence-corrected chi connectivity index (χ0v) is 14.5. The summed E-state index contributed by atoms with van der Waals surface area (Å²) in [6, 6.07) is 1.84. The number of hydrogen-bond acceptors (Lipinski definition) is 7. The molecule has 1 saturated heterocycles. The third-order valence-corrected chi connectivity index (χ3v) is 4.39. The fourth-order valence-electron chi connectivity index (χ4n) is 2.46. The van der Waals surface area contributed by atoms with E-state index in [-0.39, 0.29) is 10.6 Å². The van der Waals surface area contributed by atoms with E-state index in [4.69, 9.17) is 11.6 Å². The lowest BCUT2D eigenvalue weighted by molar-refractivity contribution is 0.311. The SMILES string of the molecule is CN1CCN(c2nccc(CNc3cnn(C)c(=O)c3Cl)n2)CC1. The molecule has 2 aromatic heterocycles. The van der Waals surface area contributed by atoms with E-state index in [1.807, 2.05) is 6.07 Å². The Balaban J connectivity index is 1.69. The molecule has 0 radical (unpaired) electrons. The highest BCUT2D eigenvalue weighted by Crippen LogP contribution is 2.16. The van der Waals surface area contributed by atoms with Gasteiger partial charge in [-0.15, -0.1) is 0 Å². The number of likely N-dealkylation sites (N-methyl/N-ethyl adjacent to an activating group) is 1. The predicted octanol–water partition coefficient (Wildman–Crippen LogP) is 0.588. The molecular weight excluding hydrogens is 330 g/mol. The molecule has 0 unspecified atom stereocenters. The number of piperazine rings is 1. The van der Waals surface area contributed by atoms with Gasteiger partial charge in [0.2, 0.25) is 5.95 Å². The summed E-state index contributed by atoms with van der Waals surface area (Å²) >= 11 is 6.05. The number of halogens is 1. The van der Waals surface area contributed by atoms with Crippen LogP contribution >= 0.6 is 11.6 Å². The second-order valence-corrected chi connectivity index (χ2v) is 6.17. The summed E-state index contributed by atoms with van der Waals surface area (Å²) in [6.45, 7) is 4.27. The van der Waals surface area contributed by atoms with Gasteiger partial charge in [-0.25, -0.2) is 14.6 Å². The largest absolute Gasteiger partial charge is 0.377 e. The highest BCUT2D eigenvalue weighted by molar-refractivity contribution is 6.32. The Morgan fingerprint density at radius 3 is 2.75 bits per heavy atom. The van der Waals surface area contributed by atoms with E-state index in [9.17, 15) is 4.79 Å². The van der Waals surface area contributed by atoms with Crippen molar-refractivity contribution in [3.63, 3.8) is 0 Å². The van der Waals surface area contributed by atoms with E-state index < -0.39 is 0 Å². The third-order valence-electron chi connectivity index (χ3n) is 4.02. The molecule has 0 saturated carbocycles. The summed E-state index contributed by atoms with van der Waals surface area (Å²) in [7, 11) is 3.67. The first-order chi connectivity index (χ1) is 11.5. The molecule has 0 spiro atoms. The topological polar surface area (TPSA) is 79.2 Å². The van der Waals surface area contributed by atoms with Gasteiger partial charge in [-0.1, -0.05) is 11.6 Å². The number of aromatic nitrogens is 4. The molecule has 9 heteroatoms. The molecule has 24 heavy (non-hydrogen) atoms. The van der Waals surface area contributed by atoms with Crippen molar-refractivity contribution in [2.24, 2.45) is 7.05 Å². The van der Waals surface area contributed by atoms with Crippen molar-refractivity contribution in [3.8, 4) is 0 Å². The second-order valence-electron chi connectivity index (χ2n) is 5.79. The maximum atomic E-state index is 11.8. The van der Waals surface area contributed by atoms with Gasteiger partial charge in [0.1, 0.15) is 5.02 Å². The molecule has 1 aliphatic rings. The van der Waals surface area contributed by atoms with Gasteiger partial charge >= 0.3 is 0 Å². The quantitative estimate of drug-likeness (QED) is 0.865. The van der Waals surface area contributed by atoms with Gasteiger partial charge < -0.3 is 15.1 Å². The summed E-state index contributed by atoms with van der Waals surface area (Å²) < 4.78 is 1.20. The highest BCUT2D eigenvalue weighted by atomic mass is 35.5. The number of rotatable bonds is 4. The van der Waals surface area contributed by atoms with Crippen LogP contribution in [0.2, 0.25) is 5.02 Å². The molecule has 0 aromatic carbocycles. The Kier molecular flexibility index (Phi) is 4.96. The van der Waals surface area contributed by atoms with E-state index in [1.54, 1.807) is 13.2 Å². The number of nitrogens with zero attached hydrogens (tertiary/aromatic N) is 6. The van der Waals surface area contributed by atoms with E-state index in [0.29, 0.717) is 12.2 Å². The van der Waals surface area contributed by atoms with Crippen LogP contribution in [-0.4, -0.2) is 57.9 Å². The molecule has 0 bridgehead atoms. The van der Waals surface area contributed by atoms with Crippen LogP contribution in [0.15, 0.2) is 23.3 Å². The van der Waals surface area contributed by atoms with Crippen molar-refractivity contribution in [2.75, 3.05) is 43.4 Å². The molecule has 1 aliphatic heterocycles. The van der Waals surface area contributed by atoms with Crippen molar-refractivity contribution in [2.45, 2.75) is 6.54 Å². The van der Waals surface area contributed by atoms with Crippen molar-refractivity contribution < 1.29 is 0 Å². The van der Waals surface area contributed by atoms with Crippen molar-refractivity contribution in [1.29, 1.82) is 0 Å². The van der Waals surface area contributed by atoms with E-state index in [1.165, 1.54) is 10.9 Å². The van der Waals surface area contributed by atoms with Gasteiger partial charge in [0.05, 0.1) is 24.1 Å². The summed E-state index contributed by atoms with van der Waals surface area (Å²) in [5.74, 6) is 0.732. The van der Waals surface area contributed by atoms with Crippen LogP contribution in [0, 0.1) is 0 Å². The smallest absolute Gasteiger partial charge is 0.287 e. The lowest BCUT2D eigenvalue weighted by Crippen LogP contribution is -2.45. The first-order valence-corrected chi connectivity index (χ1v) is 8.13. The molecule has 0 atom stereocenters. The van der Waals surface area contributed by atoms with Crippen molar-refractivity contribution in [3.05, 3.63) is 39.5 Å². The Bertz CT molecular complexity index is 771. The number of nitrogens with one attached hydrogen (secondary N) is 1. The fourth-order valence-corrected chi connectivity index (χ4v) is 2.70. The van der Waals surface area contributed by atoms with Gasteiger partial charge in [0.15, 0.2) is 0 Å². The lowest BCUT2D eigenvalue weighted by Gasteiger charge is -2.32. The zero-order chi connectivity index (χ0) is 17.1. The minimum absolute atomic E-state index is 0.126. The number of aryl methyl sites for hydroxylation is 1. The summed E-state index contributed by atoms with van der Waals surface area (Å²) in [5.41, 5.74) is 0.998. The van der Waals surface area contributed by atoms with E-state index >= 15 is 0 Å². The van der Waals surface area contributed by atoms with Gasteiger partial charge in [-0.3, -0.25) is 4.79 Å². The maximum Gasteiger partial charge on any atom is 0.287 e. The summed E-state index contributed by atoms with van der Waals surface area (Å²) in [6.07, 6.45) is 3.29. The molecule has 8 nitrogen and oxygen atoms in total. The third kappa shape index (κ3) is 3.65. The fraction of sp³-hybridized carbons (Fsp3) is 0.467. The Morgan fingerprint density at radius 2 is 2.00 bits per heavy atom.